The Kier molecular flexibility index (Phi) is 13.5. The van der Waals surface area contributed by atoms with E-state index in [9.17, 15) is 9.59 Å². The van der Waals surface area contributed by atoms with E-state index in [0.717, 1.165) is 18.2 Å². The zero-order chi connectivity index (χ0) is 19.7. The van der Waals surface area contributed by atoms with E-state index in [1.165, 1.54) is 38.5 Å². The molecule has 0 saturated heterocycles. The van der Waals surface area contributed by atoms with Gasteiger partial charge in [-0.25, -0.2) is 0 Å². The van der Waals surface area contributed by atoms with Crippen LogP contribution in [-0.2, 0) is 9.59 Å². The molecular weight excluding hydrogens is 410 g/mol. The monoisotopic (exact) mass is 441 g/mol. The van der Waals surface area contributed by atoms with Gasteiger partial charge in [-0.15, -0.1) is 0 Å². The van der Waals surface area contributed by atoms with E-state index in [1.807, 2.05) is 12.1 Å². The molecule has 0 aromatic heterocycles. The summed E-state index contributed by atoms with van der Waals surface area (Å²) in [5, 5.41) is 12.7. The van der Waals surface area contributed by atoms with Gasteiger partial charge in [0.15, 0.2) is 0 Å². The number of ether oxygens (including phenoxy) is 1. The minimum absolute atomic E-state index is 0.00564. The van der Waals surface area contributed by atoms with Gasteiger partial charge in [-0.05, 0) is 31.4 Å². The molecule has 1 rings (SSSR count). The number of aliphatic carboxylic acids is 1. The van der Waals surface area contributed by atoms with E-state index in [1.54, 1.807) is 12.1 Å². The lowest BCUT2D eigenvalue weighted by Crippen LogP contribution is -2.12. The van der Waals surface area contributed by atoms with Crippen LogP contribution in [0.25, 0.3) is 0 Å². The molecule has 1 aromatic carbocycles. The fourth-order valence-electron chi connectivity index (χ4n) is 2.75. The molecule has 0 unspecified atom stereocenters. The molecule has 2 N–H and O–H groups in total. The number of rotatable bonds is 16. The van der Waals surface area contributed by atoms with Gasteiger partial charge in [0.2, 0.25) is 5.91 Å². The summed E-state index contributed by atoms with van der Waals surface area (Å²) in [6.45, 7) is 0.314. The number of para-hydroxylation sites is 2. The Labute approximate surface area is 171 Å². The number of benzene rings is 1. The Morgan fingerprint density at radius 2 is 1.52 bits per heavy atom. The van der Waals surface area contributed by atoms with Crippen LogP contribution in [-0.4, -0.2) is 28.9 Å². The van der Waals surface area contributed by atoms with Gasteiger partial charge >= 0.3 is 5.97 Å². The second-order valence-electron chi connectivity index (χ2n) is 6.66. The molecular formula is C21H32BrNO4. The van der Waals surface area contributed by atoms with Crippen LogP contribution in [0.1, 0.15) is 70.6 Å². The van der Waals surface area contributed by atoms with E-state index in [0.29, 0.717) is 30.9 Å². The Morgan fingerprint density at radius 3 is 2.19 bits per heavy atom. The molecule has 0 aliphatic carbocycles. The molecule has 0 radical (unpaired) electrons. The molecule has 1 aromatic rings. The van der Waals surface area contributed by atoms with Gasteiger partial charge in [0.1, 0.15) is 5.75 Å². The summed E-state index contributed by atoms with van der Waals surface area (Å²) in [6.07, 6.45) is 10.6. The number of carbonyl (C=O) groups excluding carboxylic acids is 1. The van der Waals surface area contributed by atoms with Crippen molar-refractivity contribution in [2.45, 2.75) is 70.6 Å². The lowest BCUT2D eigenvalue weighted by molar-refractivity contribution is -0.137. The number of halogens is 1. The lowest BCUT2D eigenvalue weighted by Gasteiger charge is -2.12. The molecule has 0 saturated carbocycles. The Bertz CT molecular complexity index is 551. The average molecular weight is 442 g/mol. The second kappa shape index (κ2) is 15.5. The van der Waals surface area contributed by atoms with E-state index in [4.69, 9.17) is 9.84 Å². The van der Waals surface area contributed by atoms with Crippen molar-refractivity contribution in [1.29, 1.82) is 0 Å². The Balaban J connectivity index is 2.19. The third-order valence-electron chi connectivity index (χ3n) is 4.24. The van der Waals surface area contributed by atoms with Crippen LogP contribution in [0.3, 0.4) is 0 Å². The minimum Gasteiger partial charge on any atom is -0.491 e. The lowest BCUT2D eigenvalue weighted by atomic mass is 10.1. The van der Waals surface area contributed by atoms with Crippen molar-refractivity contribution in [3.05, 3.63) is 24.3 Å². The SMILES string of the molecule is O=C(O)CCCOc1ccccc1NC(=O)CCCCCCCCCCBr. The van der Waals surface area contributed by atoms with Crippen molar-refractivity contribution < 1.29 is 19.4 Å². The van der Waals surface area contributed by atoms with E-state index >= 15 is 0 Å². The van der Waals surface area contributed by atoms with Crippen molar-refractivity contribution in [2.75, 3.05) is 17.3 Å². The summed E-state index contributed by atoms with van der Waals surface area (Å²) >= 11 is 3.45. The molecule has 1 amide bonds. The Hall–Kier alpha value is -1.56. The van der Waals surface area contributed by atoms with Crippen LogP contribution >= 0.6 is 15.9 Å². The zero-order valence-electron chi connectivity index (χ0n) is 16.1. The van der Waals surface area contributed by atoms with Crippen LogP contribution in [0.2, 0.25) is 0 Å². The number of amides is 1. The molecule has 0 aliphatic rings. The van der Waals surface area contributed by atoms with Gasteiger partial charge in [-0.3, -0.25) is 9.59 Å². The summed E-state index contributed by atoms with van der Waals surface area (Å²) in [5.41, 5.74) is 0.643. The number of carboxylic acid groups (broad SMARTS) is 1. The largest absolute Gasteiger partial charge is 0.491 e. The minimum atomic E-state index is -0.834. The summed E-state index contributed by atoms with van der Waals surface area (Å²) in [4.78, 5) is 22.7. The smallest absolute Gasteiger partial charge is 0.303 e. The van der Waals surface area contributed by atoms with Crippen molar-refractivity contribution in [3.8, 4) is 5.75 Å². The third-order valence-corrected chi connectivity index (χ3v) is 4.80. The molecule has 0 atom stereocenters. The van der Waals surface area contributed by atoms with Crippen molar-refractivity contribution in [3.63, 3.8) is 0 Å². The first-order valence-corrected chi connectivity index (χ1v) is 11.0. The van der Waals surface area contributed by atoms with E-state index in [-0.39, 0.29) is 12.3 Å². The molecule has 0 spiro atoms. The number of carbonyl (C=O) groups is 2. The fraction of sp³-hybridized carbons (Fsp3) is 0.619. The van der Waals surface area contributed by atoms with Crippen LogP contribution in [0, 0.1) is 0 Å². The van der Waals surface area contributed by atoms with Crippen LogP contribution in [0.5, 0.6) is 5.75 Å². The highest BCUT2D eigenvalue weighted by Gasteiger charge is 2.08. The number of hydrogen-bond donors (Lipinski definition) is 2. The molecule has 152 valence electrons. The summed E-state index contributed by atoms with van der Waals surface area (Å²) in [5.74, 6) is -0.257. The molecule has 27 heavy (non-hydrogen) atoms. The van der Waals surface area contributed by atoms with Crippen molar-refractivity contribution >= 4 is 33.5 Å². The quantitative estimate of drug-likeness (QED) is 0.252. The van der Waals surface area contributed by atoms with E-state index in [2.05, 4.69) is 21.2 Å². The number of unbranched alkanes of at least 4 members (excludes halogenated alkanes) is 7. The average Bonchev–Trinajstić information content (AvgIpc) is 2.65. The Morgan fingerprint density at radius 1 is 0.889 bits per heavy atom. The number of anilines is 1. The third kappa shape index (κ3) is 12.5. The summed E-state index contributed by atoms with van der Waals surface area (Å²) in [6, 6.07) is 7.26. The van der Waals surface area contributed by atoms with Crippen LogP contribution in [0.4, 0.5) is 5.69 Å². The van der Waals surface area contributed by atoms with Gasteiger partial charge in [0.05, 0.1) is 12.3 Å². The van der Waals surface area contributed by atoms with Gasteiger partial charge < -0.3 is 15.2 Å². The van der Waals surface area contributed by atoms with Gasteiger partial charge in [0, 0.05) is 18.2 Å². The maximum Gasteiger partial charge on any atom is 0.303 e. The van der Waals surface area contributed by atoms with Crippen molar-refractivity contribution in [2.24, 2.45) is 0 Å². The molecule has 5 nitrogen and oxygen atoms in total. The number of carboxylic acids is 1. The highest BCUT2D eigenvalue weighted by Crippen LogP contribution is 2.24. The first-order valence-electron chi connectivity index (χ1n) is 9.93. The predicted molar refractivity (Wildman–Crippen MR) is 113 cm³/mol. The molecule has 0 fully saturated rings. The fourth-order valence-corrected chi connectivity index (χ4v) is 3.15. The maximum atomic E-state index is 12.1. The highest BCUT2D eigenvalue weighted by molar-refractivity contribution is 9.09. The molecule has 0 bridgehead atoms. The summed E-state index contributed by atoms with van der Waals surface area (Å²) in [7, 11) is 0. The molecule has 6 heteroatoms. The second-order valence-corrected chi connectivity index (χ2v) is 7.45. The first kappa shape index (κ1) is 23.5. The normalized spacial score (nSPS) is 10.6. The van der Waals surface area contributed by atoms with E-state index < -0.39 is 5.97 Å². The standard InChI is InChI=1S/C21H32BrNO4/c22-16-10-6-4-2-1-3-5-7-14-20(24)23-18-12-8-9-13-19(18)27-17-11-15-21(25)26/h8-9,12-13H,1-7,10-11,14-17H2,(H,23,24)(H,25,26). The molecule has 0 aliphatic heterocycles. The van der Waals surface area contributed by atoms with Crippen molar-refractivity contribution in [1.82, 2.24) is 0 Å². The van der Waals surface area contributed by atoms with Gasteiger partial charge in [0.25, 0.3) is 0 Å². The maximum absolute atomic E-state index is 12.1. The number of alkyl halides is 1. The number of nitrogens with one attached hydrogen (secondary N) is 1. The topological polar surface area (TPSA) is 75.6 Å². The van der Waals surface area contributed by atoms with Crippen LogP contribution in [0.15, 0.2) is 24.3 Å². The highest BCUT2D eigenvalue weighted by atomic mass is 79.9. The summed E-state index contributed by atoms with van der Waals surface area (Å²) < 4.78 is 5.61. The first-order chi connectivity index (χ1) is 13.1. The predicted octanol–water partition coefficient (Wildman–Crippen LogP) is 5.77. The zero-order valence-corrected chi connectivity index (χ0v) is 17.6. The van der Waals surface area contributed by atoms with Gasteiger partial charge in [-0.2, -0.15) is 0 Å². The number of hydrogen-bond acceptors (Lipinski definition) is 3. The van der Waals surface area contributed by atoms with Crippen LogP contribution < -0.4 is 10.1 Å². The van der Waals surface area contributed by atoms with Gasteiger partial charge in [-0.1, -0.05) is 66.6 Å². The molecule has 0 heterocycles.